The first-order chi connectivity index (χ1) is 7.24. The number of halogens is 1. The fourth-order valence-electron chi connectivity index (χ4n) is 1.29. The number of nitrogens with one attached hydrogen (secondary N) is 1. The predicted octanol–water partition coefficient (Wildman–Crippen LogP) is 3.25. The Balaban J connectivity index is 1.99. The fourth-order valence-corrected chi connectivity index (χ4v) is 1.48. The normalized spacial score (nSPS) is 10.3. The van der Waals surface area contributed by atoms with E-state index >= 15 is 0 Å². The highest BCUT2D eigenvalue weighted by molar-refractivity contribution is 6.30. The van der Waals surface area contributed by atoms with Crippen LogP contribution in [0.1, 0.15) is 11.5 Å². The Hall–Kier alpha value is -1.48. The number of nitrogens with zero attached hydrogens (tertiary/aromatic N) is 1. The molecule has 0 unspecified atom stereocenters. The molecule has 0 radical (unpaired) electrons. The molecule has 78 valence electrons. The number of aryl methyl sites for hydroxylation is 1. The van der Waals surface area contributed by atoms with Gasteiger partial charge in [-0.25, -0.2) is 0 Å². The molecule has 0 saturated carbocycles. The highest BCUT2D eigenvalue weighted by atomic mass is 35.5. The number of aromatic nitrogens is 1. The summed E-state index contributed by atoms with van der Waals surface area (Å²) in [5.74, 6) is 0.817. The summed E-state index contributed by atoms with van der Waals surface area (Å²) in [6.45, 7) is 2.51. The van der Waals surface area contributed by atoms with Gasteiger partial charge in [-0.15, -0.1) is 0 Å². The molecule has 0 aliphatic rings. The second kappa shape index (κ2) is 4.36. The van der Waals surface area contributed by atoms with E-state index in [1.165, 1.54) is 0 Å². The Morgan fingerprint density at radius 2 is 2.27 bits per heavy atom. The molecule has 0 aliphatic carbocycles. The minimum atomic E-state index is 0.637. The van der Waals surface area contributed by atoms with Gasteiger partial charge in [0.25, 0.3) is 0 Å². The maximum absolute atomic E-state index is 5.86. The molecule has 2 aromatic rings. The molecule has 1 heterocycles. The number of hydrogen-bond acceptors (Lipinski definition) is 3. The van der Waals surface area contributed by atoms with E-state index in [1.54, 1.807) is 0 Å². The smallest absolute Gasteiger partial charge is 0.133 e. The summed E-state index contributed by atoms with van der Waals surface area (Å²) in [5, 5.41) is 7.81. The van der Waals surface area contributed by atoms with Gasteiger partial charge in [0.05, 0.1) is 6.54 Å². The molecule has 4 heteroatoms. The molecule has 1 aromatic carbocycles. The maximum atomic E-state index is 5.86. The number of anilines is 1. The summed E-state index contributed by atoms with van der Waals surface area (Å²) >= 11 is 5.86. The highest BCUT2D eigenvalue weighted by Crippen LogP contribution is 2.15. The Labute approximate surface area is 93.0 Å². The summed E-state index contributed by atoms with van der Waals surface area (Å²) in [4.78, 5) is 0. The molecule has 0 fully saturated rings. The largest absolute Gasteiger partial charge is 0.379 e. The molecule has 0 bridgehead atoms. The summed E-state index contributed by atoms with van der Waals surface area (Å²) in [6, 6.07) is 9.47. The first-order valence-corrected chi connectivity index (χ1v) is 5.03. The van der Waals surface area contributed by atoms with Crippen LogP contribution >= 0.6 is 11.6 Å². The van der Waals surface area contributed by atoms with Crippen molar-refractivity contribution >= 4 is 17.3 Å². The molecule has 0 saturated heterocycles. The van der Waals surface area contributed by atoms with E-state index in [0.717, 1.165) is 22.2 Å². The zero-order valence-corrected chi connectivity index (χ0v) is 9.08. The molecule has 2 rings (SSSR count). The van der Waals surface area contributed by atoms with Crippen molar-refractivity contribution in [1.82, 2.24) is 5.16 Å². The van der Waals surface area contributed by atoms with E-state index in [1.807, 2.05) is 37.3 Å². The van der Waals surface area contributed by atoms with Gasteiger partial charge < -0.3 is 9.84 Å². The monoisotopic (exact) mass is 222 g/mol. The van der Waals surface area contributed by atoms with Crippen LogP contribution in [0.5, 0.6) is 0 Å². The molecular weight excluding hydrogens is 212 g/mol. The zero-order valence-electron chi connectivity index (χ0n) is 8.33. The number of hydrogen-bond donors (Lipinski definition) is 1. The van der Waals surface area contributed by atoms with Crippen molar-refractivity contribution in [3.05, 3.63) is 46.8 Å². The van der Waals surface area contributed by atoms with Crippen molar-refractivity contribution in [3.63, 3.8) is 0 Å². The Morgan fingerprint density at radius 3 is 2.93 bits per heavy atom. The van der Waals surface area contributed by atoms with Crippen LogP contribution in [0.2, 0.25) is 5.02 Å². The van der Waals surface area contributed by atoms with Crippen LogP contribution in [-0.4, -0.2) is 5.16 Å². The molecule has 1 N–H and O–H groups in total. The highest BCUT2D eigenvalue weighted by Gasteiger charge is 1.99. The van der Waals surface area contributed by atoms with Gasteiger partial charge in [0.2, 0.25) is 0 Å². The average Bonchev–Trinajstić information content (AvgIpc) is 2.62. The van der Waals surface area contributed by atoms with Gasteiger partial charge in [-0.2, -0.15) is 0 Å². The molecule has 15 heavy (non-hydrogen) atoms. The predicted molar refractivity (Wildman–Crippen MR) is 60.0 cm³/mol. The summed E-state index contributed by atoms with van der Waals surface area (Å²) in [7, 11) is 0. The zero-order chi connectivity index (χ0) is 10.7. The Kier molecular flexibility index (Phi) is 2.92. The maximum Gasteiger partial charge on any atom is 0.133 e. The standard InChI is InChI=1S/C11H11ClN2O/c1-8-5-11(14-15-8)7-13-10-4-2-3-9(12)6-10/h2-6,13H,7H2,1H3. The van der Waals surface area contributed by atoms with Crippen molar-refractivity contribution in [3.8, 4) is 0 Å². The van der Waals surface area contributed by atoms with Gasteiger partial charge in [0.1, 0.15) is 11.5 Å². The van der Waals surface area contributed by atoms with Crippen molar-refractivity contribution in [2.75, 3.05) is 5.32 Å². The lowest BCUT2D eigenvalue weighted by Crippen LogP contribution is -1.98. The summed E-state index contributed by atoms with van der Waals surface area (Å²) in [6.07, 6.45) is 0. The van der Waals surface area contributed by atoms with E-state index in [2.05, 4.69) is 10.5 Å². The first-order valence-electron chi connectivity index (χ1n) is 4.66. The fraction of sp³-hybridized carbons (Fsp3) is 0.182. The first kappa shape index (κ1) is 10.1. The van der Waals surface area contributed by atoms with E-state index < -0.39 is 0 Å². The molecule has 1 aromatic heterocycles. The van der Waals surface area contributed by atoms with Gasteiger partial charge in [-0.3, -0.25) is 0 Å². The molecule has 0 atom stereocenters. The second-order valence-corrected chi connectivity index (χ2v) is 3.73. The minimum Gasteiger partial charge on any atom is -0.379 e. The van der Waals surface area contributed by atoms with Crippen LogP contribution in [0, 0.1) is 6.92 Å². The van der Waals surface area contributed by atoms with Crippen LogP contribution in [0.15, 0.2) is 34.9 Å². The lowest BCUT2D eigenvalue weighted by Gasteiger charge is -2.03. The summed E-state index contributed by atoms with van der Waals surface area (Å²) in [5.41, 5.74) is 1.86. The SMILES string of the molecule is Cc1cc(CNc2cccc(Cl)c2)no1. The van der Waals surface area contributed by atoms with Crippen molar-refractivity contribution in [2.45, 2.75) is 13.5 Å². The summed E-state index contributed by atoms with van der Waals surface area (Å²) < 4.78 is 4.96. The van der Waals surface area contributed by atoms with Gasteiger partial charge in [0.15, 0.2) is 0 Å². The molecule has 0 spiro atoms. The number of rotatable bonds is 3. The number of benzene rings is 1. The average molecular weight is 223 g/mol. The van der Waals surface area contributed by atoms with E-state index in [0.29, 0.717) is 6.54 Å². The third-order valence-corrected chi connectivity index (χ3v) is 2.21. The molecular formula is C11H11ClN2O. The third kappa shape index (κ3) is 2.73. The molecule has 3 nitrogen and oxygen atoms in total. The van der Waals surface area contributed by atoms with Crippen LogP contribution in [0.25, 0.3) is 0 Å². The van der Waals surface area contributed by atoms with Crippen LogP contribution in [-0.2, 0) is 6.54 Å². The van der Waals surface area contributed by atoms with E-state index in [4.69, 9.17) is 16.1 Å². The lowest BCUT2D eigenvalue weighted by molar-refractivity contribution is 0.391. The minimum absolute atomic E-state index is 0.637. The molecule has 0 aliphatic heterocycles. The topological polar surface area (TPSA) is 38.1 Å². The van der Waals surface area contributed by atoms with Gasteiger partial charge in [0, 0.05) is 16.8 Å². The quantitative estimate of drug-likeness (QED) is 0.867. The van der Waals surface area contributed by atoms with Crippen LogP contribution in [0.3, 0.4) is 0 Å². The van der Waals surface area contributed by atoms with Crippen LogP contribution < -0.4 is 5.32 Å². The van der Waals surface area contributed by atoms with E-state index in [9.17, 15) is 0 Å². The van der Waals surface area contributed by atoms with E-state index in [-0.39, 0.29) is 0 Å². The van der Waals surface area contributed by atoms with Crippen molar-refractivity contribution < 1.29 is 4.52 Å². The van der Waals surface area contributed by atoms with Crippen molar-refractivity contribution in [1.29, 1.82) is 0 Å². The van der Waals surface area contributed by atoms with Crippen LogP contribution in [0.4, 0.5) is 5.69 Å². The second-order valence-electron chi connectivity index (χ2n) is 3.29. The van der Waals surface area contributed by atoms with Gasteiger partial charge in [-0.05, 0) is 25.1 Å². The Morgan fingerprint density at radius 1 is 1.40 bits per heavy atom. The Bertz CT molecular complexity index is 453. The lowest BCUT2D eigenvalue weighted by atomic mass is 10.3. The van der Waals surface area contributed by atoms with Gasteiger partial charge >= 0.3 is 0 Å². The third-order valence-electron chi connectivity index (χ3n) is 1.98. The molecule has 0 amide bonds. The van der Waals surface area contributed by atoms with Gasteiger partial charge in [-0.1, -0.05) is 22.8 Å². The van der Waals surface area contributed by atoms with Crippen molar-refractivity contribution in [2.24, 2.45) is 0 Å².